The topological polar surface area (TPSA) is 96.5 Å². The minimum Gasteiger partial charge on any atom is -0.426 e. The highest BCUT2D eigenvalue weighted by Crippen LogP contribution is 2.47. The molecule has 0 aliphatic carbocycles. The van der Waals surface area contributed by atoms with Gasteiger partial charge in [-0.1, -0.05) is 6.07 Å². The van der Waals surface area contributed by atoms with Crippen molar-refractivity contribution in [1.29, 1.82) is 0 Å². The van der Waals surface area contributed by atoms with Gasteiger partial charge >= 0.3 is 12.3 Å². The van der Waals surface area contributed by atoms with Crippen molar-refractivity contribution in [3.05, 3.63) is 65.0 Å². The largest absolute Gasteiger partial charge is 0.434 e. The second-order valence-corrected chi connectivity index (χ2v) is 7.28. The zero-order valence-corrected chi connectivity index (χ0v) is 17.1. The fourth-order valence-corrected chi connectivity index (χ4v) is 3.28. The molecule has 34 heavy (non-hydrogen) atoms. The number of cyclic esters (lactones) is 1. The maximum Gasteiger partial charge on any atom is 0.434 e. The highest BCUT2D eigenvalue weighted by Gasteiger charge is 2.62. The van der Waals surface area contributed by atoms with Gasteiger partial charge in [-0.05, 0) is 42.0 Å². The average Bonchev–Trinajstić information content (AvgIpc) is 2.75. The molecule has 13 heteroatoms. The zero-order chi connectivity index (χ0) is 25.1. The summed E-state index contributed by atoms with van der Waals surface area (Å²) in [6.07, 6.45) is -9.97. The predicted octanol–water partition coefficient (Wildman–Crippen LogP) is 3.50. The fourth-order valence-electron chi connectivity index (χ4n) is 3.28. The number of anilines is 1. The van der Waals surface area contributed by atoms with Gasteiger partial charge < -0.3 is 15.4 Å². The molecule has 1 aliphatic heterocycles. The van der Waals surface area contributed by atoms with Gasteiger partial charge in [-0.25, -0.2) is 18.0 Å². The van der Waals surface area contributed by atoms with Crippen LogP contribution in [0, 0.1) is 5.82 Å². The average molecular weight is 489 g/mol. The van der Waals surface area contributed by atoms with Gasteiger partial charge in [-0.3, -0.25) is 14.9 Å². The summed E-state index contributed by atoms with van der Waals surface area (Å²) in [5.41, 5.74) is -4.32. The lowest BCUT2D eigenvalue weighted by Crippen LogP contribution is -2.56. The highest BCUT2D eigenvalue weighted by molar-refractivity contribution is 5.94. The van der Waals surface area contributed by atoms with E-state index in [1.807, 2.05) is 10.6 Å². The third-order valence-corrected chi connectivity index (χ3v) is 4.90. The third kappa shape index (κ3) is 5.41. The van der Waals surface area contributed by atoms with Crippen molar-refractivity contribution >= 4 is 23.6 Å². The lowest BCUT2D eigenvalue weighted by atomic mass is 9.88. The summed E-state index contributed by atoms with van der Waals surface area (Å²) in [7, 11) is 0. The summed E-state index contributed by atoms with van der Waals surface area (Å²) in [5.74, 6) is -2.50. The Kier molecular flexibility index (Phi) is 7.03. The molecule has 0 radical (unpaired) electrons. The molecule has 3 N–H and O–H groups in total. The van der Waals surface area contributed by atoms with Crippen LogP contribution in [0.2, 0.25) is 0 Å². The first-order valence-corrected chi connectivity index (χ1v) is 9.70. The Balaban J connectivity index is 1.92. The summed E-state index contributed by atoms with van der Waals surface area (Å²) in [6, 6.07) is 7.29. The van der Waals surface area contributed by atoms with Crippen LogP contribution >= 0.6 is 0 Å². The van der Waals surface area contributed by atoms with Crippen molar-refractivity contribution in [2.24, 2.45) is 0 Å². The Hall–Kier alpha value is -3.77. The first-order valence-electron chi connectivity index (χ1n) is 9.70. The van der Waals surface area contributed by atoms with Crippen LogP contribution in [0.1, 0.15) is 21.5 Å². The number of alkyl halides is 5. The fraction of sp³-hybridized carbons (Fsp3) is 0.286. The maximum absolute atomic E-state index is 14.3. The standard InChI is InChI=1S/C21H17F6N3O4/c22-13-4-2-12(3-5-13)18(32)29-10-20(21(25,26)27)14-7-11(8-17(31)28-9-16(23)24)1-6-15(14)30-19(33)34-20/h1-7,16H,8-10H2,(H,28,31)(H,29,32)(H,30,33). The monoisotopic (exact) mass is 489 g/mol. The normalized spacial score (nSPS) is 17.4. The summed E-state index contributed by atoms with van der Waals surface area (Å²) >= 11 is 0. The molecule has 1 atom stereocenters. The molecule has 0 saturated carbocycles. The number of hydrogen-bond donors (Lipinski definition) is 3. The summed E-state index contributed by atoms with van der Waals surface area (Å²) in [6.45, 7) is -2.15. The first-order chi connectivity index (χ1) is 15.9. The first kappa shape index (κ1) is 24.9. The molecule has 0 saturated heterocycles. The molecule has 2 aromatic carbocycles. The van der Waals surface area contributed by atoms with Gasteiger partial charge in [0.1, 0.15) is 5.82 Å². The number of carbonyl (C=O) groups excluding carboxylic acids is 3. The smallest absolute Gasteiger partial charge is 0.426 e. The van der Waals surface area contributed by atoms with Crippen LogP contribution in [0.3, 0.4) is 0 Å². The minimum absolute atomic E-state index is 0.0174. The Labute approximate surface area is 188 Å². The van der Waals surface area contributed by atoms with E-state index in [0.29, 0.717) is 0 Å². The Morgan fingerprint density at radius 1 is 1.06 bits per heavy atom. The number of fused-ring (bicyclic) bond motifs is 1. The zero-order valence-electron chi connectivity index (χ0n) is 17.1. The van der Waals surface area contributed by atoms with Gasteiger partial charge in [0.25, 0.3) is 17.9 Å². The molecule has 2 aromatic rings. The molecule has 1 aliphatic rings. The second kappa shape index (κ2) is 9.61. The van der Waals surface area contributed by atoms with Gasteiger partial charge in [0.15, 0.2) is 0 Å². The maximum atomic E-state index is 14.3. The lowest BCUT2D eigenvalue weighted by molar-refractivity contribution is -0.261. The van der Waals surface area contributed by atoms with E-state index < -0.39 is 67.0 Å². The van der Waals surface area contributed by atoms with E-state index in [9.17, 15) is 40.7 Å². The summed E-state index contributed by atoms with van der Waals surface area (Å²) in [4.78, 5) is 36.1. The molecular formula is C21H17F6N3O4. The van der Waals surface area contributed by atoms with Crippen molar-refractivity contribution in [2.45, 2.75) is 24.6 Å². The van der Waals surface area contributed by atoms with E-state index >= 15 is 0 Å². The predicted molar refractivity (Wildman–Crippen MR) is 106 cm³/mol. The van der Waals surface area contributed by atoms with Crippen LogP contribution < -0.4 is 16.0 Å². The third-order valence-electron chi connectivity index (χ3n) is 4.90. The van der Waals surface area contributed by atoms with E-state index in [-0.39, 0.29) is 16.8 Å². The van der Waals surface area contributed by atoms with E-state index in [2.05, 4.69) is 10.1 Å². The van der Waals surface area contributed by atoms with E-state index in [1.54, 1.807) is 0 Å². The summed E-state index contributed by atoms with van der Waals surface area (Å²) in [5, 5.41) is 6.09. The van der Waals surface area contributed by atoms with E-state index in [4.69, 9.17) is 0 Å². The quantitative estimate of drug-likeness (QED) is 0.519. The molecule has 3 rings (SSSR count). The number of rotatable bonds is 7. The van der Waals surface area contributed by atoms with Crippen LogP contribution in [0.4, 0.5) is 36.8 Å². The Bertz CT molecular complexity index is 1090. The molecule has 0 bridgehead atoms. The number of benzene rings is 2. The van der Waals surface area contributed by atoms with E-state index in [1.165, 1.54) is 6.07 Å². The van der Waals surface area contributed by atoms with Gasteiger partial charge in [0, 0.05) is 11.1 Å². The molecule has 0 aromatic heterocycles. The highest BCUT2D eigenvalue weighted by atomic mass is 19.4. The van der Waals surface area contributed by atoms with Crippen molar-refractivity contribution < 1.29 is 45.5 Å². The van der Waals surface area contributed by atoms with Crippen LogP contribution in [-0.2, 0) is 21.6 Å². The van der Waals surface area contributed by atoms with Crippen molar-refractivity contribution in [1.82, 2.24) is 10.6 Å². The number of hydrogen-bond acceptors (Lipinski definition) is 4. The van der Waals surface area contributed by atoms with Crippen LogP contribution in [0.25, 0.3) is 0 Å². The molecule has 1 heterocycles. The number of amides is 3. The molecular weight excluding hydrogens is 472 g/mol. The molecule has 182 valence electrons. The van der Waals surface area contributed by atoms with Gasteiger partial charge in [-0.15, -0.1) is 0 Å². The molecule has 7 nitrogen and oxygen atoms in total. The van der Waals surface area contributed by atoms with Gasteiger partial charge in [0.05, 0.1) is 25.2 Å². The Morgan fingerprint density at radius 3 is 2.35 bits per heavy atom. The molecule has 3 amide bonds. The number of halogens is 6. The number of nitrogens with one attached hydrogen (secondary N) is 3. The molecule has 0 fully saturated rings. The van der Waals surface area contributed by atoms with Crippen molar-refractivity contribution in [3.8, 4) is 0 Å². The number of ether oxygens (including phenoxy) is 1. The molecule has 1 unspecified atom stereocenters. The van der Waals surface area contributed by atoms with E-state index in [0.717, 1.165) is 36.4 Å². The molecule has 0 spiro atoms. The lowest BCUT2D eigenvalue weighted by Gasteiger charge is -2.39. The minimum atomic E-state index is -5.22. The van der Waals surface area contributed by atoms with Gasteiger partial charge in [0.2, 0.25) is 5.91 Å². The number of carbonyl (C=O) groups is 3. The van der Waals surface area contributed by atoms with Crippen molar-refractivity contribution in [3.63, 3.8) is 0 Å². The summed E-state index contributed by atoms with van der Waals surface area (Å²) < 4.78 is 85.1. The SMILES string of the molecule is O=C(Cc1ccc2c(c1)C(CNC(=O)c1ccc(F)cc1)(C(F)(F)F)OC(=O)N2)NCC(F)F. The Morgan fingerprint density at radius 2 is 1.74 bits per heavy atom. The van der Waals surface area contributed by atoms with Crippen LogP contribution in [0.15, 0.2) is 42.5 Å². The second-order valence-electron chi connectivity index (χ2n) is 7.28. The van der Waals surface area contributed by atoms with Gasteiger partial charge in [-0.2, -0.15) is 13.2 Å². The van der Waals surface area contributed by atoms with Crippen LogP contribution in [0.5, 0.6) is 0 Å². The van der Waals surface area contributed by atoms with Crippen molar-refractivity contribution in [2.75, 3.05) is 18.4 Å². The van der Waals surface area contributed by atoms with Crippen LogP contribution in [-0.4, -0.2) is 43.6 Å².